The van der Waals surface area contributed by atoms with Crippen molar-refractivity contribution in [2.45, 2.75) is 20.8 Å². The van der Waals surface area contributed by atoms with Gasteiger partial charge in [-0.25, -0.2) is 0 Å². The summed E-state index contributed by atoms with van der Waals surface area (Å²) in [5, 5.41) is 0. The molecule has 0 atom stereocenters. The van der Waals surface area contributed by atoms with Crippen molar-refractivity contribution < 1.29 is 0 Å². The lowest BCUT2D eigenvalue weighted by molar-refractivity contribution is 0.967. The summed E-state index contributed by atoms with van der Waals surface area (Å²) in [6.07, 6.45) is 1.83. The van der Waals surface area contributed by atoms with Gasteiger partial charge in [0.1, 0.15) is 0 Å². The Bertz CT molecular complexity index is 329. The quantitative estimate of drug-likeness (QED) is 0.668. The number of anilines is 1. The highest BCUT2D eigenvalue weighted by molar-refractivity contribution is 5.66. The lowest BCUT2D eigenvalue weighted by Gasteiger charge is -2.17. The first-order valence-electron chi connectivity index (χ1n) is 4.99. The molecule has 0 aliphatic heterocycles. The molecule has 0 radical (unpaired) electrons. The number of benzene rings is 1. The normalized spacial score (nSPS) is 10.9. The molecule has 0 aliphatic rings. The van der Waals surface area contributed by atoms with Crippen LogP contribution in [0.2, 0.25) is 0 Å². The van der Waals surface area contributed by atoms with Crippen LogP contribution in [-0.2, 0) is 0 Å². The maximum Gasteiger partial charge on any atom is 0.0675 e. The minimum absolute atomic E-state index is 1.01. The summed E-state index contributed by atoms with van der Waals surface area (Å²) in [5.74, 6) is 0. The summed E-state index contributed by atoms with van der Waals surface area (Å²) in [7, 11) is 2.09. The predicted molar refractivity (Wildman–Crippen MR) is 63.9 cm³/mol. The third kappa shape index (κ3) is 2.34. The Labute approximate surface area is 86.3 Å². The molecule has 1 aromatic carbocycles. The summed E-state index contributed by atoms with van der Waals surface area (Å²) in [4.78, 5) is 6.53. The van der Waals surface area contributed by atoms with Gasteiger partial charge in [-0.15, -0.1) is 0 Å². The lowest BCUT2D eigenvalue weighted by Crippen LogP contribution is -2.15. The van der Waals surface area contributed by atoms with Gasteiger partial charge in [-0.2, -0.15) is 0 Å². The molecule has 1 aromatic rings. The van der Waals surface area contributed by atoms with Crippen molar-refractivity contribution in [3.63, 3.8) is 0 Å². The third-order valence-electron chi connectivity index (χ3n) is 2.38. The van der Waals surface area contributed by atoms with E-state index in [1.165, 1.54) is 11.3 Å². The molecule has 2 nitrogen and oxygen atoms in total. The molecule has 0 fully saturated rings. The second kappa shape index (κ2) is 4.80. The van der Waals surface area contributed by atoms with Crippen LogP contribution in [0.1, 0.15) is 19.4 Å². The van der Waals surface area contributed by atoms with E-state index in [1.54, 1.807) is 0 Å². The first kappa shape index (κ1) is 10.8. The van der Waals surface area contributed by atoms with Gasteiger partial charge in [0.15, 0.2) is 0 Å². The average Bonchev–Trinajstić information content (AvgIpc) is 2.20. The largest absolute Gasteiger partial charge is 0.375 e. The monoisotopic (exact) mass is 190 g/mol. The van der Waals surface area contributed by atoms with E-state index in [9.17, 15) is 0 Å². The number of hydrogen-bond acceptors (Lipinski definition) is 2. The standard InChI is InChI=1S/C12H18N2/c1-5-13-12-9-11(14(4)6-2)8-7-10(12)3/h5,7-9H,6H2,1-4H3. The Hall–Kier alpha value is -1.31. The highest BCUT2D eigenvalue weighted by Gasteiger charge is 2.01. The zero-order valence-electron chi connectivity index (χ0n) is 9.41. The van der Waals surface area contributed by atoms with E-state index in [2.05, 4.69) is 49.0 Å². The molecule has 1 rings (SSSR count). The van der Waals surface area contributed by atoms with Crippen molar-refractivity contribution in [3.8, 4) is 0 Å². The Kier molecular flexibility index (Phi) is 3.69. The summed E-state index contributed by atoms with van der Waals surface area (Å²) in [6.45, 7) is 7.18. The molecule has 0 aliphatic carbocycles. The molecule has 0 N–H and O–H groups in total. The van der Waals surface area contributed by atoms with Gasteiger partial charge in [-0.05, 0) is 38.5 Å². The Morgan fingerprint density at radius 3 is 2.71 bits per heavy atom. The van der Waals surface area contributed by atoms with Gasteiger partial charge in [0.2, 0.25) is 0 Å². The number of aryl methyl sites for hydroxylation is 1. The molecular weight excluding hydrogens is 172 g/mol. The van der Waals surface area contributed by atoms with E-state index < -0.39 is 0 Å². The maximum absolute atomic E-state index is 4.33. The van der Waals surface area contributed by atoms with Crippen molar-refractivity contribution in [3.05, 3.63) is 23.8 Å². The lowest BCUT2D eigenvalue weighted by atomic mass is 10.2. The molecule has 2 heteroatoms. The SMILES string of the molecule is CC=Nc1cc(N(C)CC)ccc1C. The molecular formula is C12H18N2. The molecule has 0 aromatic heterocycles. The first-order valence-corrected chi connectivity index (χ1v) is 4.99. The van der Waals surface area contributed by atoms with Gasteiger partial charge < -0.3 is 4.90 Å². The van der Waals surface area contributed by atoms with Crippen LogP contribution in [0, 0.1) is 6.92 Å². The molecule has 0 heterocycles. The van der Waals surface area contributed by atoms with Gasteiger partial charge >= 0.3 is 0 Å². The van der Waals surface area contributed by atoms with Gasteiger partial charge in [0, 0.05) is 25.5 Å². The molecule has 76 valence electrons. The number of aliphatic imine (C=N–C) groups is 1. The van der Waals surface area contributed by atoms with E-state index in [-0.39, 0.29) is 0 Å². The van der Waals surface area contributed by atoms with Gasteiger partial charge in [0.05, 0.1) is 5.69 Å². The zero-order valence-corrected chi connectivity index (χ0v) is 9.41. The van der Waals surface area contributed by atoms with Crippen molar-refractivity contribution >= 4 is 17.6 Å². The highest BCUT2D eigenvalue weighted by atomic mass is 15.1. The van der Waals surface area contributed by atoms with E-state index in [1.807, 2.05) is 13.1 Å². The van der Waals surface area contributed by atoms with E-state index in [4.69, 9.17) is 0 Å². The predicted octanol–water partition coefficient (Wildman–Crippen LogP) is 3.17. The van der Waals surface area contributed by atoms with Crippen LogP contribution in [0.25, 0.3) is 0 Å². The molecule has 14 heavy (non-hydrogen) atoms. The maximum atomic E-state index is 4.33. The van der Waals surface area contributed by atoms with Crippen LogP contribution in [0.4, 0.5) is 11.4 Å². The number of hydrogen-bond donors (Lipinski definition) is 0. The highest BCUT2D eigenvalue weighted by Crippen LogP contribution is 2.24. The fourth-order valence-electron chi connectivity index (χ4n) is 1.30. The van der Waals surface area contributed by atoms with Crippen LogP contribution in [-0.4, -0.2) is 19.8 Å². The van der Waals surface area contributed by atoms with Gasteiger partial charge in [0.25, 0.3) is 0 Å². The number of nitrogens with zero attached hydrogens (tertiary/aromatic N) is 2. The Morgan fingerprint density at radius 2 is 2.14 bits per heavy atom. The van der Waals surface area contributed by atoms with Crippen molar-refractivity contribution in [1.82, 2.24) is 0 Å². The second-order valence-electron chi connectivity index (χ2n) is 3.37. The molecule has 0 spiro atoms. The van der Waals surface area contributed by atoms with Gasteiger partial charge in [-0.3, -0.25) is 4.99 Å². The minimum Gasteiger partial charge on any atom is -0.375 e. The third-order valence-corrected chi connectivity index (χ3v) is 2.38. The fourth-order valence-corrected chi connectivity index (χ4v) is 1.30. The summed E-state index contributed by atoms with van der Waals surface area (Å²) in [6, 6.07) is 6.37. The smallest absolute Gasteiger partial charge is 0.0675 e. The molecule has 0 saturated carbocycles. The van der Waals surface area contributed by atoms with E-state index >= 15 is 0 Å². The molecule has 0 unspecified atom stereocenters. The van der Waals surface area contributed by atoms with Crippen LogP contribution in [0.15, 0.2) is 23.2 Å². The zero-order chi connectivity index (χ0) is 10.6. The minimum atomic E-state index is 1.01. The Balaban J connectivity index is 3.06. The fraction of sp³-hybridized carbons (Fsp3) is 0.417. The molecule has 0 saturated heterocycles. The van der Waals surface area contributed by atoms with Crippen molar-refractivity contribution in [1.29, 1.82) is 0 Å². The van der Waals surface area contributed by atoms with Crippen molar-refractivity contribution in [2.24, 2.45) is 4.99 Å². The van der Waals surface area contributed by atoms with Crippen LogP contribution >= 0.6 is 0 Å². The second-order valence-corrected chi connectivity index (χ2v) is 3.37. The van der Waals surface area contributed by atoms with E-state index in [0.29, 0.717) is 0 Å². The van der Waals surface area contributed by atoms with Gasteiger partial charge in [-0.1, -0.05) is 6.07 Å². The molecule has 0 amide bonds. The summed E-state index contributed by atoms with van der Waals surface area (Å²) >= 11 is 0. The number of rotatable bonds is 3. The Morgan fingerprint density at radius 1 is 1.43 bits per heavy atom. The van der Waals surface area contributed by atoms with E-state index in [0.717, 1.165) is 12.2 Å². The topological polar surface area (TPSA) is 15.6 Å². The summed E-state index contributed by atoms with van der Waals surface area (Å²) in [5.41, 5.74) is 3.50. The average molecular weight is 190 g/mol. The van der Waals surface area contributed by atoms with Crippen LogP contribution in [0.5, 0.6) is 0 Å². The summed E-state index contributed by atoms with van der Waals surface area (Å²) < 4.78 is 0. The van der Waals surface area contributed by atoms with Crippen LogP contribution in [0.3, 0.4) is 0 Å². The van der Waals surface area contributed by atoms with Crippen molar-refractivity contribution in [2.75, 3.05) is 18.5 Å². The molecule has 0 bridgehead atoms. The first-order chi connectivity index (χ1) is 6.69. The van der Waals surface area contributed by atoms with Crippen LogP contribution < -0.4 is 4.90 Å².